The van der Waals surface area contributed by atoms with Gasteiger partial charge in [-0.1, -0.05) is 6.07 Å². The number of amides is 2. The lowest BCUT2D eigenvalue weighted by Gasteiger charge is -2.35. The number of anilines is 2. The molecule has 3 N–H and O–H groups in total. The Morgan fingerprint density at radius 2 is 1.86 bits per heavy atom. The van der Waals surface area contributed by atoms with Crippen LogP contribution in [0.15, 0.2) is 47.4 Å². The minimum atomic E-state index is -4.76. The second-order valence-corrected chi connectivity index (χ2v) is 10.6. The Labute approximate surface area is 200 Å². The largest absolute Gasteiger partial charge is 0.486 e. The summed E-state index contributed by atoms with van der Waals surface area (Å²) in [5.74, 6) is -0.717. The Morgan fingerprint density at radius 3 is 2.46 bits per heavy atom. The van der Waals surface area contributed by atoms with Crippen LogP contribution in [0.4, 0.5) is 29.3 Å². The fourth-order valence-corrected chi connectivity index (χ4v) is 4.87. The molecule has 0 aliphatic carbocycles. The van der Waals surface area contributed by atoms with Crippen LogP contribution in [0.1, 0.15) is 32.8 Å². The maximum Gasteiger partial charge on any atom is 0.416 e. The van der Waals surface area contributed by atoms with Gasteiger partial charge in [0.2, 0.25) is 5.91 Å². The molecule has 1 aliphatic heterocycles. The normalized spacial score (nSPS) is 16.2. The molecule has 2 amide bonds. The fraction of sp³-hybridized carbons (Fsp3) is 0.364. The Bertz CT molecular complexity index is 1240. The molecule has 190 valence electrons. The number of ether oxygens (including phenoxy) is 2. The quantitative estimate of drug-likeness (QED) is 0.622. The lowest BCUT2D eigenvalue weighted by atomic mass is 10.1. The highest BCUT2D eigenvalue weighted by Gasteiger charge is 2.37. The van der Waals surface area contributed by atoms with Gasteiger partial charge in [0.25, 0.3) is 10.0 Å². The van der Waals surface area contributed by atoms with Crippen molar-refractivity contribution in [3.05, 3.63) is 48.0 Å². The average molecular weight is 516 g/mol. The van der Waals surface area contributed by atoms with E-state index in [9.17, 15) is 31.2 Å². The van der Waals surface area contributed by atoms with Crippen LogP contribution in [-0.2, 0) is 25.7 Å². The number of hydrogen-bond acceptors (Lipinski definition) is 6. The van der Waals surface area contributed by atoms with Gasteiger partial charge in [-0.15, -0.1) is 0 Å². The van der Waals surface area contributed by atoms with E-state index in [0.717, 1.165) is 22.5 Å². The van der Waals surface area contributed by atoms with E-state index in [4.69, 9.17) is 15.2 Å². The molecule has 2 aromatic carbocycles. The Balaban J connectivity index is 2.04. The molecule has 9 nitrogen and oxygen atoms in total. The maximum absolute atomic E-state index is 13.5. The molecule has 35 heavy (non-hydrogen) atoms. The summed E-state index contributed by atoms with van der Waals surface area (Å²) < 4.78 is 78.2. The first kappa shape index (κ1) is 26.1. The smallest absolute Gasteiger partial charge is 0.416 e. The monoisotopic (exact) mass is 515 g/mol. The van der Waals surface area contributed by atoms with Gasteiger partial charge in [0.05, 0.1) is 29.1 Å². The van der Waals surface area contributed by atoms with Crippen molar-refractivity contribution in [1.29, 1.82) is 0 Å². The van der Waals surface area contributed by atoms with E-state index in [1.807, 2.05) is 0 Å². The van der Waals surface area contributed by atoms with Gasteiger partial charge < -0.3 is 15.2 Å². The van der Waals surface area contributed by atoms with Crippen LogP contribution in [0.3, 0.4) is 0 Å². The van der Waals surface area contributed by atoms with E-state index in [0.29, 0.717) is 6.07 Å². The first-order valence-corrected chi connectivity index (χ1v) is 11.8. The number of rotatable bonds is 5. The van der Waals surface area contributed by atoms with Crippen molar-refractivity contribution in [2.45, 2.75) is 50.0 Å². The molecule has 1 unspecified atom stereocenters. The number of fused-ring (bicyclic) bond motifs is 1. The van der Waals surface area contributed by atoms with E-state index < -0.39 is 56.9 Å². The Kier molecular flexibility index (Phi) is 6.93. The Morgan fingerprint density at radius 1 is 1.17 bits per heavy atom. The molecule has 0 fully saturated rings. The predicted octanol–water partition coefficient (Wildman–Crippen LogP) is 3.88. The zero-order valence-electron chi connectivity index (χ0n) is 19.0. The van der Waals surface area contributed by atoms with Crippen LogP contribution in [0.25, 0.3) is 0 Å². The number of nitrogens with one attached hydrogen (secondary N) is 1. The van der Waals surface area contributed by atoms with E-state index >= 15 is 0 Å². The maximum atomic E-state index is 13.5. The topological polar surface area (TPSA) is 128 Å². The molecule has 0 saturated carbocycles. The molecule has 0 aromatic heterocycles. The summed E-state index contributed by atoms with van der Waals surface area (Å²) >= 11 is 0. The Hall–Kier alpha value is -3.48. The first-order valence-electron chi connectivity index (χ1n) is 10.4. The number of sulfonamides is 1. The highest BCUT2D eigenvalue weighted by atomic mass is 32.2. The minimum Gasteiger partial charge on any atom is -0.486 e. The van der Waals surface area contributed by atoms with E-state index in [2.05, 4.69) is 5.32 Å². The third kappa shape index (κ3) is 6.35. The van der Waals surface area contributed by atoms with E-state index in [1.165, 1.54) is 18.2 Å². The van der Waals surface area contributed by atoms with Gasteiger partial charge in [-0.3, -0.25) is 14.4 Å². The van der Waals surface area contributed by atoms with Gasteiger partial charge in [0, 0.05) is 5.69 Å². The van der Waals surface area contributed by atoms with Crippen LogP contribution < -0.4 is 20.1 Å². The third-order valence-electron chi connectivity index (χ3n) is 4.71. The zero-order valence-corrected chi connectivity index (χ0v) is 19.9. The molecule has 3 rings (SSSR count). The molecule has 1 aliphatic rings. The SMILES string of the molecule is CC(C)(C)OC(=O)Nc1ccc2c(c1)N(S(=O)(=O)c1cccc(C(F)(F)F)c1)CC(CC(N)=O)O2. The van der Waals surface area contributed by atoms with E-state index in [-0.39, 0.29) is 23.5 Å². The second-order valence-electron chi connectivity index (χ2n) is 8.78. The summed E-state index contributed by atoms with van der Waals surface area (Å²) in [4.78, 5) is 23.0. The molecule has 0 saturated heterocycles. The lowest BCUT2D eigenvalue weighted by Crippen LogP contribution is -2.45. The number of primary amides is 1. The molecule has 1 atom stereocenters. The summed E-state index contributed by atoms with van der Waals surface area (Å²) in [6, 6.07) is 7.37. The molecule has 1 heterocycles. The number of alkyl halides is 3. The summed E-state index contributed by atoms with van der Waals surface area (Å²) in [7, 11) is -4.54. The van der Waals surface area contributed by atoms with E-state index in [1.54, 1.807) is 20.8 Å². The van der Waals surface area contributed by atoms with Gasteiger partial charge in [-0.25, -0.2) is 13.2 Å². The lowest BCUT2D eigenvalue weighted by molar-refractivity contribution is -0.137. The molecular weight excluding hydrogens is 491 g/mol. The number of hydrogen-bond donors (Lipinski definition) is 2. The summed E-state index contributed by atoms with van der Waals surface area (Å²) in [5.41, 5.74) is 3.41. The minimum absolute atomic E-state index is 0.0350. The number of nitrogens with zero attached hydrogens (tertiary/aromatic N) is 1. The third-order valence-corrected chi connectivity index (χ3v) is 6.49. The van der Waals surface area contributed by atoms with Crippen molar-refractivity contribution in [2.75, 3.05) is 16.2 Å². The number of benzene rings is 2. The van der Waals surface area contributed by atoms with Crippen molar-refractivity contribution in [3.63, 3.8) is 0 Å². The number of carbonyl (C=O) groups excluding carboxylic acids is 2. The van der Waals surface area contributed by atoms with Gasteiger partial charge in [0.1, 0.15) is 17.5 Å². The van der Waals surface area contributed by atoms with Crippen LogP contribution in [0.5, 0.6) is 5.75 Å². The average Bonchev–Trinajstić information content (AvgIpc) is 2.71. The number of carbonyl (C=O) groups is 2. The van der Waals surface area contributed by atoms with Crippen LogP contribution >= 0.6 is 0 Å². The summed E-state index contributed by atoms with van der Waals surface area (Å²) in [5, 5.41) is 2.47. The number of nitrogens with two attached hydrogens (primary N) is 1. The van der Waals surface area contributed by atoms with Crippen LogP contribution in [0, 0.1) is 0 Å². The van der Waals surface area contributed by atoms with Crippen molar-refractivity contribution in [1.82, 2.24) is 0 Å². The first-order chi connectivity index (χ1) is 16.1. The molecule has 0 spiro atoms. The second kappa shape index (κ2) is 9.29. The molecule has 13 heteroatoms. The van der Waals surface area contributed by atoms with Gasteiger partial charge in [0.15, 0.2) is 0 Å². The molecule has 0 radical (unpaired) electrons. The fourth-order valence-electron chi connectivity index (χ4n) is 3.33. The van der Waals surface area contributed by atoms with Gasteiger partial charge in [-0.05, 0) is 57.2 Å². The standard InChI is InChI=1S/C22H24F3N3O6S/c1-21(2,3)34-20(30)27-14-7-8-18-17(10-14)28(12-15(33-18)11-19(26)29)35(31,32)16-6-4-5-13(9-16)22(23,24)25/h4-10,15H,11-12H2,1-3H3,(H2,26,29)(H,27,30). The van der Waals surface area contributed by atoms with Crippen LogP contribution in [-0.4, -0.2) is 38.7 Å². The number of halogens is 3. The van der Waals surface area contributed by atoms with Crippen molar-refractivity contribution < 1.29 is 40.7 Å². The van der Waals surface area contributed by atoms with Crippen molar-refractivity contribution in [2.24, 2.45) is 5.73 Å². The zero-order chi connectivity index (χ0) is 26.2. The van der Waals surface area contributed by atoms with Crippen molar-refractivity contribution in [3.8, 4) is 5.75 Å². The summed E-state index contributed by atoms with van der Waals surface area (Å²) in [6.07, 6.45) is -6.86. The van der Waals surface area contributed by atoms with Crippen LogP contribution in [0.2, 0.25) is 0 Å². The van der Waals surface area contributed by atoms with Crippen molar-refractivity contribution >= 4 is 33.4 Å². The van der Waals surface area contributed by atoms with Gasteiger partial charge in [-0.2, -0.15) is 13.2 Å². The molecule has 2 aromatic rings. The highest BCUT2D eigenvalue weighted by Crippen LogP contribution is 2.40. The molecular formula is C22H24F3N3O6S. The van der Waals surface area contributed by atoms with Gasteiger partial charge >= 0.3 is 12.3 Å². The molecule has 0 bridgehead atoms. The predicted molar refractivity (Wildman–Crippen MR) is 121 cm³/mol. The highest BCUT2D eigenvalue weighted by molar-refractivity contribution is 7.92. The summed E-state index contributed by atoms with van der Waals surface area (Å²) in [6.45, 7) is 4.59.